The fraction of sp³-hybridized carbons (Fsp3) is 0.429. The maximum Gasteiger partial charge on any atom is 0.481 e. The summed E-state index contributed by atoms with van der Waals surface area (Å²) < 4.78 is 62.5. The summed E-state index contributed by atoms with van der Waals surface area (Å²) >= 11 is 0.958. The normalized spacial score (nSPS) is 19.6. The molecule has 2 amide bonds. The van der Waals surface area contributed by atoms with Gasteiger partial charge in [0, 0.05) is 41.9 Å². The predicted molar refractivity (Wildman–Crippen MR) is 241 cm³/mol. The van der Waals surface area contributed by atoms with Gasteiger partial charge in [0.25, 0.3) is 5.56 Å². The fourth-order valence-corrected chi connectivity index (χ4v) is 9.91. The number of nitrogens with zero attached hydrogens (tertiary/aromatic N) is 6. The Morgan fingerprint density at radius 2 is 1.71 bits per heavy atom. The number of phosphoric acid groups is 3. The van der Waals surface area contributed by atoms with E-state index in [9.17, 15) is 62.7 Å². The van der Waals surface area contributed by atoms with E-state index in [1.807, 2.05) is 0 Å². The molecule has 1 aliphatic heterocycles. The SMILES string of the molecule is CC(C)(COP(=O)(O)OP(=O)(O)OCC1OC([n+]2c[nH]c3c(N)ncnc32)C(O)C1OP(=O)(O)O)C(O)C(=O)NCCC(=O)NCCSC(=O)c1ccc(NCc2cnc3nc(N)[nH]c(=O)c3n2)cc1. The molecule has 1 fully saturated rings. The number of carbonyl (C=O) groups excluding carboxylic acids is 3. The number of thioether (sulfide) groups is 1. The minimum absolute atomic E-state index is 0.00231. The van der Waals surface area contributed by atoms with Crippen molar-refractivity contribution in [3.8, 4) is 0 Å². The quantitative estimate of drug-likeness (QED) is 0.0204. The molecule has 0 spiro atoms. The number of aromatic amines is 2. The summed E-state index contributed by atoms with van der Waals surface area (Å²) in [4.78, 5) is 115. The number of rotatable bonds is 23. The lowest BCUT2D eigenvalue weighted by Crippen LogP contribution is -2.46. The number of anilines is 3. The van der Waals surface area contributed by atoms with E-state index in [0.29, 0.717) is 16.9 Å². The number of phosphoric ester groups is 3. The number of aromatic nitrogens is 8. The minimum Gasteiger partial charge on any atom is -0.384 e. The monoisotopic (exact) mass is 1060 g/mol. The molecule has 1 saturated heterocycles. The largest absolute Gasteiger partial charge is 0.481 e. The van der Waals surface area contributed by atoms with Gasteiger partial charge >= 0.3 is 29.1 Å². The molecule has 0 bridgehead atoms. The van der Waals surface area contributed by atoms with Crippen molar-refractivity contribution in [1.29, 1.82) is 0 Å². The highest BCUT2D eigenvalue weighted by Gasteiger charge is 2.52. The first-order valence-corrected chi connectivity index (χ1v) is 25.8. The van der Waals surface area contributed by atoms with Gasteiger partial charge in [0.2, 0.25) is 34.6 Å². The van der Waals surface area contributed by atoms with Crippen molar-refractivity contribution in [3.63, 3.8) is 0 Å². The Morgan fingerprint density at radius 1 is 1.00 bits per heavy atom. The second kappa shape index (κ2) is 22.4. The van der Waals surface area contributed by atoms with Crippen LogP contribution in [-0.2, 0) is 52.4 Å². The number of fused-ring (bicyclic) bond motifs is 2. The Hall–Kier alpha value is -5.40. The van der Waals surface area contributed by atoms with E-state index in [0.717, 1.165) is 18.1 Å². The Morgan fingerprint density at radius 3 is 2.43 bits per heavy atom. The molecule has 4 aromatic heterocycles. The summed E-state index contributed by atoms with van der Waals surface area (Å²) in [5.41, 5.74) is 11.1. The van der Waals surface area contributed by atoms with Crippen LogP contribution in [0.1, 0.15) is 42.5 Å². The van der Waals surface area contributed by atoms with Gasteiger partial charge in [-0.3, -0.25) is 42.7 Å². The Balaban J connectivity index is 0.879. The first kappa shape index (κ1) is 53.9. The summed E-state index contributed by atoms with van der Waals surface area (Å²) in [6.07, 6.45) is -5.44. The Bertz CT molecular complexity index is 2930. The van der Waals surface area contributed by atoms with E-state index < -0.39 is 90.1 Å². The van der Waals surface area contributed by atoms with Crippen LogP contribution in [0.2, 0.25) is 0 Å². The molecule has 1 aromatic carbocycles. The third-order valence-corrected chi connectivity index (χ3v) is 13.9. The zero-order valence-electron chi connectivity index (χ0n) is 36.5. The Labute approximate surface area is 398 Å². The maximum atomic E-state index is 12.8. The van der Waals surface area contributed by atoms with Crippen LogP contribution in [-0.4, -0.2) is 138 Å². The van der Waals surface area contributed by atoms with Gasteiger partial charge in [-0.1, -0.05) is 30.6 Å². The summed E-state index contributed by atoms with van der Waals surface area (Å²) in [6.45, 7) is 0.488. The van der Waals surface area contributed by atoms with Gasteiger partial charge in [-0.25, -0.2) is 28.2 Å². The molecule has 35 heteroatoms. The molecular weight excluding hydrogens is 1020 g/mol. The lowest BCUT2D eigenvalue weighted by molar-refractivity contribution is -0.745. The van der Waals surface area contributed by atoms with Crippen LogP contribution >= 0.6 is 35.2 Å². The number of amides is 2. The lowest BCUT2D eigenvalue weighted by Gasteiger charge is -2.30. The van der Waals surface area contributed by atoms with E-state index in [2.05, 4.69) is 59.7 Å². The molecule has 31 nitrogen and oxygen atoms in total. The van der Waals surface area contributed by atoms with Crippen LogP contribution in [0.5, 0.6) is 0 Å². The van der Waals surface area contributed by atoms with E-state index in [1.165, 1.54) is 30.9 Å². The number of nitrogen functional groups attached to an aromatic ring is 2. The van der Waals surface area contributed by atoms with E-state index >= 15 is 0 Å². The molecule has 1 aliphatic rings. The molecule has 0 saturated carbocycles. The molecule has 5 heterocycles. The van der Waals surface area contributed by atoms with Crippen LogP contribution in [0.15, 0.2) is 47.9 Å². The Kier molecular flexibility index (Phi) is 17.2. The number of benzene rings is 1. The van der Waals surface area contributed by atoms with Gasteiger partial charge in [-0.15, -0.1) is 0 Å². The van der Waals surface area contributed by atoms with E-state index in [1.54, 1.807) is 24.3 Å². The molecule has 6 rings (SSSR count). The third kappa shape index (κ3) is 14.4. The van der Waals surface area contributed by atoms with Crippen LogP contribution < -0.4 is 37.5 Å². The van der Waals surface area contributed by atoms with Gasteiger partial charge in [0.05, 0.1) is 31.6 Å². The number of H-pyrrole nitrogens is 2. The number of nitrogens with two attached hydrogens (primary N) is 2. The third-order valence-electron chi connectivity index (χ3n) is 9.88. The van der Waals surface area contributed by atoms with Gasteiger partial charge in [-0.2, -0.15) is 14.3 Å². The number of carbonyl (C=O) groups is 3. The molecule has 380 valence electrons. The zero-order chi connectivity index (χ0) is 51.2. The molecule has 15 N–H and O–H groups in total. The summed E-state index contributed by atoms with van der Waals surface area (Å²) in [5.74, 6) is -1.36. The first-order chi connectivity index (χ1) is 32.8. The number of aliphatic hydroxyl groups is 2. The molecule has 0 radical (unpaired) electrons. The number of imidazole rings is 1. The highest BCUT2D eigenvalue weighted by atomic mass is 32.2. The van der Waals surface area contributed by atoms with Gasteiger partial charge in [0.1, 0.15) is 24.4 Å². The van der Waals surface area contributed by atoms with Crippen molar-refractivity contribution in [3.05, 3.63) is 64.7 Å². The molecule has 5 aromatic rings. The number of hydrogen-bond donors (Lipinski definition) is 13. The van der Waals surface area contributed by atoms with Crippen LogP contribution in [0.3, 0.4) is 0 Å². The van der Waals surface area contributed by atoms with Gasteiger partial charge in [-0.05, 0) is 24.3 Å². The van der Waals surface area contributed by atoms with Gasteiger partial charge in [0.15, 0.2) is 29.6 Å². The summed E-state index contributed by atoms with van der Waals surface area (Å²) in [6, 6.07) is 6.57. The maximum absolute atomic E-state index is 12.8. The number of ether oxygens (including phenoxy) is 1. The van der Waals surface area contributed by atoms with Crippen molar-refractivity contribution in [2.24, 2.45) is 5.41 Å². The minimum atomic E-state index is -5.60. The van der Waals surface area contributed by atoms with Crippen molar-refractivity contribution >= 4 is 91.9 Å². The molecule has 7 unspecified atom stereocenters. The fourth-order valence-electron chi connectivity index (χ4n) is 6.39. The lowest BCUT2D eigenvalue weighted by atomic mass is 9.87. The highest BCUT2D eigenvalue weighted by Crippen LogP contribution is 2.61. The molecule has 70 heavy (non-hydrogen) atoms. The second-order valence-corrected chi connectivity index (χ2v) is 21.0. The standard InChI is InChI=1S/C35H46N13O18P3S/c1-35(2,14-63-69(60,61)66-68(58,59)62-13-20-25(65-67(55,56)57)24(50)32(64-20)48-16-44-22-27(36)42-15-43-29(22)48)26(51)31(53)39-8-7-21(49)38-9-10-70-33(54)17-3-5-18(6-4-17)40-11-19-12-41-28-23(45-19)30(52)47-34(37)46-28/h3-6,12,15-16,20,24-26,32,50-51H,7-11,13-14H2,1-2H3,(H12,36,37,38,39,40,41,42,43,46,47,49,52,53,54,55,56,57,58,59,60,61)/p+1. The molecule has 0 aliphatic carbocycles. The second-order valence-electron chi connectivity index (χ2n) is 15.7. The van der Waals surface area contributed by atoms with Crippen LogP contribution in [0.4, 0.5) is 17.5 Å². The summed E-state index contributed by atoms with van der Waals surface area (Å²) in [7, 11) is -16.5. The number of hydrogen-bond acceptors (Lipinski definition) is 23. The van der Waals surface area contributed by atoms with Crippen molar-refractivity contribution in [2.45, 2.75) is 57.5 Å². The number of aliphatic hydroxyl groups excluding tert-OH is 2. The van der Waals surface area contributed by atoms with Crippen molar-refractivity contribution in [2.75, 3.05) is 48.8 Å². The number of nitrogens with one attached hydrogen (secondary N) is 5. The average molecular weight is 1060 g/mol. The average Bonchev–Trinajstić information content (AvgIpc) is 3.85. The van der Waals surface area contributed by atoms with E-state index in [4.69, 9.17) is 25.3 Å². The molecule has 7 atom stereocenters. The van der Waals surface area contributed by atoms with Gasteiger partial charge < -0.3 is 61.9 Å². The highest BCUT2D eigenvalue weighted by molar-refractivity contribution is 8.14. The van der Waals surface area contributed by atoms with Crippen molar-refractivity contribution < 1.29 is 85.1 Å². The summed E-state index contributed by atoms with van der Waals surface area (Å²) in [5, 5.41) is 29.4. The zero-order valence-corrected chi connectivity index (χ0v) is 40.0. The smallest absolute Gasteiger partial charge is 0.384 e. The van der Waals surface area contributed by atoms with Crippen LogP contribution in [0.25, 0.3) is 22.3 Å². The van der Waals surface area contributed by atoms with E-state index in [-0.39, 0.29) is 71.0 Å². The van der Waals surface area contributed by atoms with Crippen molar-refractivity contribution in [1.82, 2.24) is 45.5 Å². The molecular formula is C35H47N13O18P3S+. The van der Waals surface area contributed by atoms with Crippen LogP contribution in [0, 0.1) is 5.41 Å². The predicted octanol–water partition coefficient (Wildman–Crippen LogP) is -1.38. The topological polar surface area (TPSA) is 475 Å². The first-order valence-electron chi connectivity index (χ1n) is 20.3.